The highest BCUT2D eigenvalue weighted by Crippen LogP contribution is 2.39. The van der Waals surface area contributed by atoms with Crippen LogP contribution in [0.25, 0.3) is 5.76 Å². The molecule has 35 heavy (non-hydrogen) atoms. The van der Waals surface area contributed by atoms with Gasteiger partial charge in [0.15, 0.2) is 0 Å². The normalized spacial score (nSPS) is 17.1. The second-order valence-electron chi connectivity index (χ2n) is 8.48. The molecule has 1 aliphatic heterocycles. The first kappa shape index (κ1) is 24.1. The van der Waals surface area contributed by atoms with Crippen molar-refractivity contribution in [2.24, 2.45) is 0 Å². The number of nitrogens with zero attached hydrogens (tertiary/aromatic N) is 2. The van der Waals surface area contributed by atoms with Gasteiger partial charge in [-0.3, -0.25) is 14.6 Å². The number of ether oxygens (including phenoxy) is 1. The summed E-state index contributed by atoms with van der Waals surface area (Å²) in [6, 6.07) is 13.9. The summed E-state index contributed by atoms with van der Waals surface area (Å²) in [4.78, 5) is 31.7. The van der Waals surface area contributed by atoms with Gasteiger partial charge >= 0.3 is 0 Å². The molecule has 1 aliphatic rings. The molecule has 1 saturated heterocycles. The number of rotatable bonds is 8. The number of halogens is 1. The van der Waals surface area contributed by atoms with E-state index >= 15 is 0 Å². The van der Waals surface area contributed by atoms with Gasteiger partial charge in [-0.05, 0) is 78.9 Å². The molecule has 1 atom stereocenters. The third kappa shape index (κ3) is 5.09. The van der Waals surface area contributed by atoms with Crippen molar-refractivity contribution in [3.8, 4) is 5.75 Å². The van der Waals surface area contributed by atoms with Crippen molar-refractivity contribution in [2.75, 3.05) is 13.2 Å². The van der Waals surface area contributed by atoms with E-state index in [2.05, 4.69) is 4.98 Å². The summed E-state index contributed by atoms with van der Waals surface area (Å²) in [5.74, 6) is -1.30. The van der Waals surface area contributed by atoms with Crippen LogP contribution in [0.4, 0.5) is 4.39 Å². The second kappa shape index (κ2) is 10.5. The molecule has 0 spiro atoms. The van der Waals surface area contributed by atoms with E-state index in [9.17, 15) is 19.1 Å². The smallest absolute Gasteiger partial charge is 0.295 e. The van der Waals surface area contributed by atoms with Crippen LogP contribution in [0.1, 0.15) is 41.6 Å². The van der Waals surface area contributed by atoms with Crippen LogP contribution in [-0.2, 0) is 16.0 Å². The number of amides is 1. The van der Waals surface area contributed by atoms with Crippen LogP contribution >= 0.6 is 0 Å². The van der Waals surface area contributed by atoms with Crippen molar-refractivity contribution in [3.05, 3.63) is 101 Å². The zero-order valence-corrected chi connectivity index (χ0v) is 19.7. The fourth-order valence-corrected chi connectivity index (χ4v) is 4.23. The maximum Gasteiger partial charge on any atom is 0.295 e. The zero-order valence-electron chi connectivity index (χ0n) is 19.7. The van der Waals surface area contributed by atoms with Crippen LogP contribution in [0, 0.1) is 12.7 Å². The number of aromatic nitrogens is 1. The summed E-state index contributed by atoms with van der Waals surface area (Å²) in [6.07, 6.45) is 4.46. The Hall–Kier alpha value is -4.00. The largest absolute Gasteiger partial charge is 0.507 e. The highest BCUT2D eigenvalue weighted by Gasteiger charge is 2.45. The van der Waals surface area contributed by atoms with Crippen molar-refractivity contribution in [1.29, 1.82) is 0 Å². The van der Waals surface area contributed by atoms with E-state index in [1.54, 1.807) is 54.9 Å². The molecule has 1 aromatic heterocycles. The molecule has 1 N–H and O–H groups in total. The Bertz CT molecular complexity index is 1260. The maximum atomic E-state index is 13.3. The number of Topliss-reactive ketones (excluding diaryl/α,β-unsaturated/α-hetero) is 1. The van der Waals surface area contributed by atoms with Gasteiger partial charge in [-0.2, -0.15) is 0 Å². The topological polar surface area (TPSA) is 79.7 Å². The van der Waals surface area contributed by atoms with E-state index in [0.717, 1.165) is 17.5 Å². The monoisotopic (exact) mass is 474 g/mol. The standard InChI is InChI=1S/C28H27FN2O4/c1-3-16-35-23-9-6-21(17-18(23)2)26(32)24-25(20-10-13-30-14-11-20)31(28(34)27(24)33)15-12-19-4-7-22(29)8-5-19/h4-11,13-14,17,25,32H,3,12,15-16H2,1-2H3/b26-24-. The van der Waals surface area contributed by atoms with Gasteiger partial charge in [0.2, 0.25) is 0 Å². The molecule has 2 aromatic carbocycles. The van der Waals surface area contributed by atoms with Gasteiger partial charge in [-0.25, -0.2) is 4.39 Å². The van der Waals surface area contributed by atoms with Crippen LogP contribution in [0.3, 0.4) is 0 Å². The molecule has 0 bridgehead atoms. The summed E-state index contributed by atoms with van der Waals surface area (Å²) in [7, 11) is 0. The Kier molecular flexibility index (Phi) is 7.25. The quantitative estimate of drug-likeness (QED) is 0.283. The van der Waals surface area contributed by atoms with Crippen molar-refractivity contribution >= 4 is 17.4 Å². The number of pyridine rings is 1. The molecule has 0 aliphatic carbocycles. The zero-order chi connectivity index (χ0) is 24.9. The predicted octanol–water partition coefficient (Wildman–Crippen LogP) is 4.98. The number of ketones is 1. The van der Waals surface area contributed by atoms with Crippen molar-refractivity contribution in [3.63, 3.8) is 0 Å². The van der Waals surface area contributed by atoms with Gasteiger partial charge in [-0.1, -0.05) is 19.1 Å². The Morgan fingerprint density at radius 1 is 1.09 bits per heavy atom. The van der Waals surface area contributed by atoms with E-state index < -0.39 is 17.7 Å². The number of aliphatic hydroxyl groups excluding tert-OH is 1. The number of hydrogen-bond donors (Lipinski definition) is 1. The molecule has 180 valence electrons. The molecular formula is C28H27FN2O4. The van der Waals surface area contributed by atoms with Crippen molar-refractivity contribution in [2.45, 2.75) is 32.7 Å². The average Bonchev–Trinajstić information content (AvgIpc) is 3.12. The minimum atomic E-state index is -0.769. The van der Waals surface area contributed by atoms with E-state index in [-0.39, 0.29) is 23.7 Å². The van der Waals surface area contributed by atoms with Gasteiger partial charge in [0.05, 0.1) is 18.2 Å². The number of benzene rings is 2. The third-order valence-corrected chi connectivity index (χ3v) is 6.03. The minimum Gasteiger partial charge on any atom is -0.507 e. The third-order valence-electron chi connectivity index (χ3n) is 6.03. The first-order chi connectivity index (χ1) is 16.9. The van der Waals surface area contributed by atoms with Gasteiger partial charge < -0.3 is 14.7 Å². The van der Waals surface area contributed by atoms with Crippen molar-refractivity contribution in [1.82, 2.24) is 9.88 Å². The Morgan fingerprint density at radius 2 is 1.80 bits per heavy atom. The molecule has 0 saturated carbocycles. The Balaban J connectivity index is 1.72. The number of carbonyl (C=O) groups excluding carboxylic acids is 2. The van der Waals surface area contributed by atoms with E-state index in [1.165, 1.54) is 17.0 Å². The highest BCUT2D eigenvalue weighted by atomic mass is 19.1. The SMILES string of the molecule is CCCOc1ccc(/C(O)=C2/C(=O)C(=O)N(CCc3ccc(F)cc3)C2c2ccncc2)cc1C. The lowest BCUT2D eigenvalue weighted by Crippen LogP contribution is -2.31. The summed E-state index contributed by atoms with van der Waals surface area (Å²) < 4.78 is 19.0. The van der Waals surface area contributed by atoms with E-state index in [1.807, 2.05) is 13.8 Å². The molecule has 0 radical (unpaired) electrons. The van der Waals surface area contributed by atoms with Crippen LogP contribution in [-0.4, -0.2) is 39.8 Å². The van der Waals surface area contributed by atoms with Crippen LogP contribution < -0.4 is 4.74 Å². The maximum absolute atomic E-state index is 13.3. The lowest BCUT2D eigenvalue weighted by molar-refractivity contribution is -0.139. The Labute approximate surface area is 203 Å². The van der Waals surface area contributed by atoms with Crippen LogP contribution in [0.5, 0.6) is 5.75 Å². The highest BCUT2D eigenvalue weighted by molar-refractivity contribution is 6.46. The molecule has 1 unspecified atom stereocenters. The fraction of sp³-hybridized carbons (Fsp3) is 0.250. The first-order valence-corrected chi connectivity index (χ1v) is 11.6. The molecule has 2 heterocycles. The van der Waals surface area contributed by atoms with Crippen LogP contribution in [0.2, 0.25) is 0 Å². The number of aryl methyl sites for hydroxylation is 1. The fourth-order valence-electron chi connectivity index (χ4n) is 4.23. The number of likely N-dealkylation sites (tertiary alicyclic amines) is 1. The molecule has 7 heteroatoms. The lowest BCUT2D eigenvalue weighted by Gasteiger charge is -2.25. The van der Waals surface area contributed by atoms with Gasteiger partial charge in [0, 0.05) is 24.5 Å². The van der Waals surface area contributed by atoms with E-state index in [4.69, 9.17) is 4.74 Å². The summed E-state index contributed by atoms with van der Waals surface area (Å²) in [6.45, 7) is 4.68. The average molecular weight is 475 g/mol. The van der Waals surface area contributed by atoms with Gasteiger partial charge in [0.25, 0.3) is 11.7 Å². The number of aliphatic hydroxyl groups is 1. The van der Waals surface area contributed by atoms with Gasteiger partial charge in [0.1, 0.15) is 17.3 Å². The Morgan fingerprint density at radius 3 is 2.46 bits per heavy atom. The first-order valence-electron chi connectivity index (χ1n) is 11.6. The summed E-state index contributed by atoms with van der Waals surface area (Å²) >= 11 is 0. The molecule has 6 nitrogen and oxygen atoms in total. The predicted molar refractivity (Wildman–Crippen MR) is 130 cm³/mol. The molecule has 1 amide bonds. The van der Waals surface area contributed by atoms with Crippen molar-refractivity contribution < 1.29 is 23.8 Å². The number of carbonyl (C=O) groups is 2. The summed E-state index contributed by atoms with van der Waals surface area (Å²) in [5.41, 5.74) is 2.77. The van der Waals surface area contributed by atoms with E-state index in [0.29, 0.717) is 29.9 Å². The molecular weight excluding hydrogens is 447 g/mol. The molecule has 3 aromatic rings. The number of hydrogen-bond acceptors (Lipinski definition) is 5. The lowest BCUT2D eigenvalue weighted by atomic mass is 9.95. The molecule has 4 rings (SSSR count). The summed E-state index contributed by atoms with van der Waals surface area (Å²) in [5, 5.41) is 11.2. The van der Waals surface area contributed by atoms with Gasteiger partial charge in [-0.15, -0.1) is 0 Å². The minimum absolute atomic E-state index is 0.0296. The molecule has 1 fully saturated rings. The second-order valence-corrected chi connectivity index (χ2v) is 8.48. The van der Waals surface area contributed by atoms with Crippen LogP contribution in [0.15, 0.2) is 72.6 Å².